The number of hydrogen-bond acceptors (Lipinski definition) is 3. The average molecular weight is 191 g/mol. The largest absolute Gasteiger partial charge is 0.478 e. The number of carboxylic acid groups (broad SMARTS) is 1. The number of carbonyl (C=O) groups is 1. The summed E-state index contributed by atoms with van der Waals surface area (Å²) in [4.78, 5) is 14.8. The van der Waals surface area contributed by atoms with Gasteiger partial charge in [-0.2, -0.15) is 0 Å². The minimum atomic E-state index is -0.949. The van der Waals surface area contributed by atoms with Crippen LogP contribution < -0.4 is 5.90 Å². The maximum absolute atomic E-state index is 10.5. The van der Waals surface area contributed by atoms with Gasteiger partial charge in [-0.25, -0.2) is 10.7 Å². The van der Waals surface area contributed by atoms with E-state index in [0.29, 0.717) is 0 Å². The van der Waals surface area contributed by atoms with E-state index in [1.54, 1.807) is 12.1 Å². The molecule has 0 aliphatic rings. The van der Waals surface area contributed by atoms with Crippen LogP contribution in [0.5, 0.6) is 0 Å². The topological polar surface area (TPSA) is 72.5 Å². The van der Waals surface area contributed by atoms with Gasteiger partial charge < -0.3 is 5.11 Å². The highest BCUT2D eigenvalue weighted by Gasteiger charge is 1.99. The van der Waals surface area contributed by atoms with Gasteiger partial charge in [0.15, 0.2) is 0 Å². The average Bonchev–Trinajstić information content (AvgIpc) is 2.19. The Morgan fingerprint density at radius 2 is 2.07 bits per heavy atom. The van der Waals surface area contributed by atoms with E-state index in [-0.39, 0.29) is 12.2 Å². The van der Waals surface area contributed by atoms with E-state index >= 15 is 0 Å². The molecule has 3 N–H and O–H groups in total. The minimum absolute atomic E-state index is 0.153. The van der Waals surface area contributed by atoms with Crippen LogP contribution in [-0.2, 0) is 4.84 Å². The van der Waals surface area contributed by atoms with E-state index < -0.39 is 5.97 Å². The number of rotatable bonds is 2. The van der Waals surface area contributed by atoms with Gasteiger partial charge in [-0.3, -0.25) is 4.84 Å². The first-order valence-electron chi connectivity index (χ1n) is 3.88. The molecule has 14 heavy (non-hydrogen) atoms. The molecule has 4 heteroatoms. The zero-order valence-corrected chi connectivity index (χ0v) is 7.36. The summed E-state index contributed by atoms with van der Waals surface area (Å²) in [6.07, 6.45) is 0. The molecule has 0 spiro atoms. The molecule has 0 saturated heterocycles. The van der Waals surface area contributed by atoms with E-state index in [9.17, 15) is 4.79 Å². The Morgan fingerprint density at radius 1 is 1.43 bits per heavy atom. The molecule has 0 aliphatic heterocycles. The summed E-state index contributed by atoms with van der Waals surface area (Å²) in [5.74, 6) is 9.25. The first kappa shape index (κ1) is 10.3. The predicted octanol–water partition coefficient (Wildman–Crippen LogP) is 0.627. The van der Waals surface area contributed by atoms with E-state index in [1.807, 2.05) is 0 Å². The normalized spacial score (nSPS) is 8.93. The summed E-state index contributed by atoms with van der Waals surface area (Å²) < 4.78 is 0. The van der Waals surface area contributed by atoms with Crippen LogP contribution in [0.3, 0.4) is 0 Å². The van der Waals surface area contributed by atoms with Crippen molar-refractivity contribution in [3.8, 4) is 11.8 Å². The third-order valence-electron chi connectivity index (χ3n) is 1.52. The smallest absolute Gasteiger partial charge is 0.335 e. The summed E-state index contributed by atoms with van der Waals surface area (Å²) in [5, 5.41) is 8.62. The molecular formula is C10H9NO3. The zero-order chi connectivity index (χ0) is 10.4. The van der Waals surface area contributed by atoms with Gasteiger partial charge in [-0.15, -0.1) is 0 Å². The van der Waals surface area contributed by atoms with Crippen molar-refractivity contribution in [1.29, 1.82) is 0 Å². The van der Waals surface area contributed by atoms with Gasteiger partial charge >= 0.3 is 5.97 Å². The van der Waals surface area contributed by atoms with E-state index in [0.717, 1.165) is 5.56 Å². The Bertz CT molecular complexity index is 373. The van der Waals surface area contributed by atoms with Crippen molar-refractivity contribution < 1.29 is 14.7 Å². The van der Waals surface area contributed by atoms with Crippen molar-refractivity contribution in [2.75, 3.05) is 6.61 Å². The number of carboxylic acids is 1. The first-order chi connectivity index (χ1) is 6.74. The fraction of sp³-hybridized carbons (Fsp3) is 0.100. The first-order valence-corrected chi connectivity index (χ1v) is 3.88. The van der Waals surface area contributed by atoms with Crippen LogP contribution >= 0.6 is 0 Å². The van der Waals surface area contributed by atoms with E-state index in [2.05, 4.69) is 16.7 Å². The molecule has 0 radical (unpaired) electrons. The molecule has 0 saturated carbocycles. The monoisotopic (exact) mass is 191 g/mol. The predicted molar refractivity (Wildman–Crippen MR) is 50.4 cm³/mol. The third-order valence-corrected chi connectivity index (χ3v) is 1.52. The second-order valence-electron chi connectivity index (χ2n) is 2.50. The van der Waals surface area contributed by atoms with Gasteiger partial charge in [0.2, 0.25) is 0 Å². The Hall–Kier alpha value is -1.83. The van der Waals surface area contributed by atoms with Crippen molar-refractivity contribution in [3.63, 3.8) is 0 Å². The fourth-order valence-corrected chi connectivity index (χ4v) is 0.876. The Morgan fingerprint density at radius 3 is 2.57 bits per heavy atom. The van der Waals surface area contributed by atoms with Gasteiger partial charge in [0.25, 0.3) is 0 Å². The van der Waals surface area contributed by atoms with Crippen molar-refractivity contribution in [2.24, 2.45) is 5.90 Å². The van der Waals surface area contributed by atoms with Gasteiger partial charge in [-0.1, -0.05) is 11.8 Å². The molecule has 0 atom stereocenters. The summed E-state index contributed by atoms with van der Waals surface area (Å²) in [5.41, 5.74) is 0.970. The summed E-state index contributed by atoms with van der Waals surface area (Å²) in [6.45, 7) is 0.153. The molecule has 1 aromatic rings. The number of nitrogens with two attached hydrogens (primary N) is 1. The van der Waals surface area contributed by atoms with Crippen molar-refractivity contribution in [3.05, 3.63) is 35.4 Å². The Labute approximate surface area is 81.3 Å². The van der Waals surface area contributed by atoms with Crippen LogP contribution in [-0.4, -0.2) is 17.7 Å². The van der Waals surface area contributed by atoms with Crippen LogP contribution in [0.15, 0.2) is 24.3 Å². The number of aromatic carboxylic acids is 1. The molecule has 0 unspecified atom stereocenters. The van der Waals surface area contributed by atoms with Crippen molar-refractivity contribution >= 4 is 5.97 Å². The van der Waals surface area contributed by atoms with Crippen molar-refractivity contribution in [1.82, 2.24) is 0 Å². The van der Waals surface area contributed by atoms with Gasteiger partial charge in [0.05, 0.1) is 5.56 Å². The Balaban J connectivity index is 2.75. The molecule has 1 rings (SSSR count). The highest BCUT2D eigenvalue weighted by molar-refractivity contribution is 5.87. The lowest BCUT2D eigenvalue weighted by Gasteiger charge is -1.93. The van der Waals surface area contributed by atoms with E-state index in [1.165, 1.54) is 12.1 Å². The lowest BCUT2D eigenvalue weighted by atomic mass is 10.1. The second-order valence-corrected chi connectivity index (χ2v) is 2.50. The van der Waals surface area contributed by atoms with Crippen LogP contribution in [0.4, 0.5) is 0 Å². The fourth-order valence-electron chi connectivity index (χ4n) is 0.876. The maximum atomic E-state index is 10.5. The van der Waals surface area contributed by atoms with Crippen LogP contribution in [0, 0.1) is 11.8 Å². The summed E-state index contributed by atoms with van der Waals surface area (Å²) in [6, 6.07) is 6.26. The number of benzene rings is 1. The minimum Gasteiger partial charge on any atom is -0.478 e. The highest BCUT2D eigenvalue weighted by Crippen LogP contribution is 2.02. The maximum Gasteiger partial charge on any atom is 0.335 e. The van der Waals surface area contributed by atoms with Crippen molar-refractivity contribution in [2.45, 2.75) is 0 Å². The molecule has 0 aromatic heterocycles. The molecular weight excluding hydrogens is 182 g/mol. The van der Waals surface area contributed by atoms with Gasteiger partial charge in [-0.05, 0) is 24.3 Å². The lowest BCUT2D eigenvalue weighted by Crippen LogP contribution is -1.97. The molecule has 4 nitrogen and oxygen atoms in total. The molecule has 72 valence electrons. The van der Waals surface area contributed by atoms with Crippen LogP contribution in [0.2, 0.25) is 0 Å². The molecule has 0 fully saturated rings. The highest BCUT2D eigenvalue weighted by atomic mass is 16.6. The SMILES string of the molecule is NOCC#Cc1ccc(C(=O)O)cc1. The molecule has 0 heterocycles. The summed E-state index contributed by atoms with van der Waals surface area (Å²) in [7, 11) is 0. The third kappa shape index (κ3) is 2.90. The quantitative estimate of drug-likeness (QED) is 0.531. The summed E-state index contributed by atoms with van der Waals surface area (Å²) >= 11 is 0. The number of hydrogen-bond donors (Lipinski definition) is 2. The van der Waals surface area contributed by atoms with E-state index in [4.69, 9.17) is 11.0 Å². The van der Waals surface area contributed by atoms with Gasteiger partial charge in [0, 0.05) is 5.56 Å². The van der Waals surface area contributed by atoms with Crippen LogP contribution in [0.1, 0.15) is 15.9 Å². The molecule has 0 aliphatic carbocycles. The molecule has 1 aromatic carbocycles. The second kappa shape index (κ2) is 5.02. The molecule has 0 amide bonds. The zero-order valence-electron chi connectivity index (χ0n) is 7.36. The lowest BCUT2D eigenvalue weighted by molar-refractivity contribution is 0.0697. The Kier molecular flexibility index (Phi) is 3.68. The standard InChI is InChI=1S/C10H9NO3/c11-14-7-1-2-8-3-5-9(6-4-8)10(12)13/h3-6H,7,11H2,(H,12,13). The van der Waals surface area contributed by atoms with Crippen LogP contribution in [0.25, 0.3) is 0 Å². The molecule has 0 bridgehead atoms. The van der Waals surface area contributed by atoms with Gasteiger partial charge in [0.1, 0.15) is 6.61 Å².